The smallest absolute Gasteiger partial charge is 0.244 e. The van der Waals surface area contributed by atoms with Gasteiger partial charge in [0, 0.05) is 16.3 Å². The minimum atomic E-state index is -3.84. The number of carbonyl (C=O) groups is 1. The van der Waals surface area contributed by atoms with Gasteiger partial charge in [0.2, 0.25) is 15.9 Å². The molecule has 2 rings (SSSR count). The highest BCUT2D eigenvalue weighted by Crippen LogP contribution is 2.29. The average molecular weight is 507 g/mol. The van der Waals surface area contributed by atoms with Gasteiger partial charge in [-0.1, -0.05) is 42.3 Å². The van der Waals surface area contributed by atoms with Gasteiger partial charge in [-0.05, 0) is 49.2 Å². The Kier molecular flexibility index (Phi) is 8.02. The second kappa shape index (κ2) is 9.77. The van der Waals surface area contributed by atoms with Gasteiger partial charge in [-0.2, -0.15) is 0 Å². The fourth-order valence-electron chi connectivity index (χ4n) is 3.12. The highest BCUT2D eigenvalue weighted by Gasteiger charge is 2.32. The molecule has 2 atom stereocenters. The van der Waals surface area contributed by atoms with E-state index < -0.39 is 37.9 Å². The third-order valence-electron chi connectivity index (χ3n) is 4.60. The second-order valence-corrected chi connectivity index (χ2v) is 11.9. The molecule has 1 amide bonds. The topological polar surface area (TPSA) is 101 Å². The summed E-state index contributed by atoms with van der Waals surface area (Å²) in [5.41, 5.74) is 0.861. The largest absolute Gasteiger partial charge is 0.348 e. The van der Waals surface area contributed by atoms with Gasteiger partial charge in [0.15, 0.2) is 9.84 Å². The zero-order chi connectivity index (χ0) is 23.6. The van der Waals surface area contributed by atoms with Gasteiger partial charge >= 0.3 is 0 Å². The van der Waals surface area contributed by atoms with Gasteiger partial charge in [0.1, 0.15) is 6.04 Å². The molecule has 0 saturated heterocycles. The van der Waals surface area contributed by atoms with Crippen LogP contribution in [-0.2, 0) is 24.7 Å². The highest BCUT2D eigenvalue weighted by molar-refractivity contribution is 7.92. The molecule has 170 valence electrons. The van der Waals surface area contributed by atoms with E-state index in [2.05, 4.69) is 5.32 Å². The first kappa shape index (κ1) is 25.5. The number of nitrogens with zero attached hydrogens (tertiary/aromatic N) is 1. The Morgan fingerprint density at radius 1 is 1.00 bits per heavy atom. The number of halogens is 2. The maximum absolute atomic E-state index is 13.0. The normalized spacial score (nSPS) is 14.0. The summed E-state index contributed by atoms with van der Waals surface area (Å²) in [4.78, 5) is 13.2. The van der Waals surface area contributed by atoms with Gasteiger partial charge in [-0.3, -0.25) is 9.10 Å². The van der Waals surface area contributed by atoms with Crippen LogP contribution < -0.4 is 9.62 Å². The number of sulfone groups is 1. The Morgan fingerprint density at radius 2 is 1.52 bits per heavy atom. The fourth-order valence-corrected chi connectivity index (χ4v) is 5.46. The Morgan fingerprint density at radius 3 is 1.94 bits per heavy atom. The third-order valence-corrected chi connectivity index (χ3v) is 7.34. The average Bonchev–Trinajstić information content (AvgIpc) is 2.63. The van der Waals surface area contributed by atoms with E-state index in [0.29, 0.717) is 5.56 Å². The van der Waals surface area contributed by atoms with Crippen LogP contribution in [0.2, 0.25) is 10.0 Å². The molecule has 7 nitrogen and oxygen atoms in total. The Balaban J connectivity index is 2.33. The summed E-state index contributed by atoms with van der Waals surface area (Å²) < 4.78 is 49.3. The predicted molar refractivity (Wildman–Crippen MR) is 124 cm³/mol. The number of benzene rings is 2. The molecule has 0 aromatic heterocycles. The number of nitrogens with one attached hydrogen (secondary N) is 1. The van der Waals surface area contributed by atoms with Gasteiger partial charge in [-0.25, -0.2) is 16.8 Å². The summed E-state index contributed by atoms with van der Waals surface area (Å²) in [6, 6.07) is 8.93. The summed E-state index contributed by atoms with van der Waals surface area (Å²) in [6.07, 6.45) is 2.31. The van der Waals surface area contributed by atoms with Crippen molar-refractivity contribution in [1.29, 1.82) is 0 Å². The van der Waals surface area contributed by atoms with Crippen molar-refractivity contribution in [3.63, 3.8) is 0 Å². The molecule has 0 spiro atoms. The molecular formula is C20H24Cl2N2O5S2. The van der Waals surface area contributed by atoms with Crippen LogP contribution in [0.1, 0.15) is 31.9 Å². The van der Waals surface area contributed by atoms with Crippen molar-refractivity contribution in [2.75, 3.05) is 16.8 Å². The second-order valence-electron chi connectivity index (χ2n) is 7.18. The maximum atomic E-state index is 13.0. The van der Waals surface area contributed by atoms with Crippen LogP contribution in [0.5, 0.6) is 0 Å². The van der Waals surface area contributed by atoms with Gasteiger partial charge in [0.05, 0.1) is 22.9 Å². The Hall–Kier alpha value is -1.81. The molecule has 0 saturated carbocycles. The van der Waals surface area contributed by atoms with Gasteiger partial charge in [0.25, 0.3) is 0 Å². The number of amides is 1. The first-order valence-corrected chi connectivity index (χ1v) is 13.8. The molecule has 0 fully saturated rings. The lowest BCUT2D eigenvalue weighted by atomic mass is 10.1. The monoisotopic (exact) mass is 506 g/mol. The molecule has 31 heavy (non-hydrogen) atoms. The lowest BCUT2D eigenvalue weighted by Crippen LogP contribution is -2.49. The van der Waals surface area contributed by atoms with Crippen LogP contribution in [0.15, 0.2) is 47.4 Å². The summed E-state index contributed by atoms with van der Waals surface area (Å²) >= 11 is 12.1. The van der Waals surface area contributed by atoms with E-state index in [1.54, 1.807) is 26.0 Å². The quantitative estimate of drug-likeness (QED) is 0.586. The summed E-state index contributed by atoms with van der Waals surface area (Å²) in [6.45, 7) is 3.42. The number of carbonyl (C=O) groups excluding carboxylic acids is 1. The van der Waals surface area contributed by atoms with Gasteiger partial charge in [-0.15, -0.1) is 0 Å². The molecule has 0 unspecified atom stereocenters. The standard InChI is InChI=1S/C20H24Cl2N2O5S2/c1-5-19(24(31(4,28)29)17-11-15(21)10-16(22)12-17)20(25)23-13(2)14-6-8-18(9-7-14)30(3,26)27/h6-13,19H,5H2,1-4H3,(H,23,25)/t13-,19-/m1/s1. The van der Waals surface area contributed by atoms with Crippen LogP contribution in [0.25, 0.3) is 0 Å². The van der Waals surface area contributed by atoms with Crippen LogP contribution in [0, 0.1) is 0 Å². The highest BCUT2D eigenvalue weighted by atomic mass is 35.5. The van der Waals surface area contributed by atoms with E-state index in [4.69, 9.17) is 23.2 Å². The molecule has 0 bridgehead atoms. The molecule has 2 aromatic rings. The molecule has 2 aromatic carbocycles. The van der Waals surface area contributed by atoms with Crippen molar-refractivity contribution in [2.45, 2.75) is 37.2 Å². The third kappa shape index (κ3) is 6.58. The van der Waals surface area contributed by atoms with E-state index in [1.165, 1.54) is 30.3 Å². The van der Waals surface area contributed by atoms with Crippen LogP contribution in [0.4, 0.5) is 5.69 Å². The van der Waals surface area contributed by atoms with E-state index in [0.717, 1.165) is 16.8 Å². The SMILES string of the molecule is CC[C@H](C(=O)N[C@H](C)c1ccc(S(C)(=O)=O)cc1)N(c1cc(Cl)cc(Cl)c1)S(C)(=O)=O. The van der Waals surface area contributed by atoms with E-state index >= 15 is 0 Å². The van der Waals surface area contributed by atoms with Crippen LogP contribution in [0.3, 0.4) is 0 Å². The lowest BCUT2D eigenvalue weighted by molar-refractivity contribution is -0.122. The molecule has 0 radical (unpaired) electrons. The zero-order valence-electron chi connectivity index (χ0n) is 17.5. The lowest BCUT2D eigenvalue weighted by Gasteiger charge is -2.31. The van der Waals surface area contributed by atoms with Crippen molar-refractivity contribution in [3.8, 4) is 0 Å². The van der Waals surface area contributed by atoms with Crippen molar-refractivity contribution in [1.82, 2.24) is 5.32 Å². The molecule has 0 heterocycles. The minimum Gasteiger partial charge on any atom is -0.348 e. The summed E-state index contributed by atoms with van der Waals surface area (Å²) in [7, 11) is -7.18. The van der Waals surface area contributed by atoms with Crippen molar-refractivity contribution >= 4 is 54.7 Å². The molecule has 1 N–H and O–H groups in total. The molecular weight excluding hydrogens is 483 g/mol. The number of hydrogen-bond donors (Lipinski definition) is 1. The number of hydrogen-bond acceptors (Lipinski definition) is 5. The summed E-state index contributed by atoms with van der Waals surface area (Å²) in [5, 5.41) is 3.28. The maximum Gasteiger partial charge on any atom is 0.244 e. The number of anilines is 1. The first-order valence-electron chi connectivity index (χ1n) is 9.30. The Bertz CT molecular complexity index is 1150. The van der Waals surface area contributed by atoms with Crippen molar-refractivity contribution < 1.29 is 21.6 Å². The fraction of sp³-hybridized carbons (Fsp3) is 0.350. The van der Waals surface area contributed by atoms with E-state index in [9.17, 15) is 21.6 Å². The number of sulfonamides is 1. The van der Waals surface area contributed by atoms with E-state index in [-0.39, 0.29) is 27.0 Å². The van der Waals surface area contributed by atoms with E-state index in [1.807, 2.05) is 0 Å². The molecule has 0 aliphatic heterocycles. The molecule has 0 aliphatic rings. The Labute approximate surface area is 193 Å². The van der Waals surface area contributed by atoms with Crippen molar-refractivity contribution in [3.05, 3.63) is 58.1 Å². The van der Waals surface area contributed by atoms with Gasteiger partial charge < -0.3 is 5.32 Å². The molecule has 0 aliphatic carbocycles. The minimum absolute atomic E-state index is 0.169. The first-order chi connectivity index (χ1) is 14.2. The zero-order valence-corrected chi connectivity index (χ0v) is 20.6. The summed E-state index contributed by atoms with van der Waals surface area (Å²) in [5.74, 6) is -0.510. The number of rotatable bonds is 8. The molecule has 11 heteroatoms. The van der Waals surface area contributed by atoms with Crippen molar-refractivity contribution in [2.24, 2.45) is 0 Å². The van der Waals surface area contributed by atoms with Crippen LogP contribution in [-0.4, -0.2) is 41.3 Å². The predicted octanol–water partition coefficient (Wildman–Crippen LogP) is 3.82. The van der Waals surface area contributed by atoms with Crippen LogP contribution >= 0.6 is 23.2 Å².